The predicted molar refractivity (Wildman–Crippen MR) is 14.6 cm³/mol. The number of hydrogen-bond acceptors (Lipinski definition) is 4. The van der Waals surface area contributed by atoms with Crippen LogP contribution in [0.25, 0.3) is 0 Å². The summed E-state index contributed by atoms with van der Waals surface area (Å²) in [5.41, 5.74) is 0. The van der Waals surface area contributed by atoms with Crippen LogP contribution in [0.3, 0.4) is 0 Å². The molecule has 0 N–H and O–H groups in total. The first-order valence-corrected chi connectivity index (χ1v) is 1.52. The first kappa shape index (κ1) is 16.2. The molecule has 9 heavy (non-hydrogen) atoms. The zero-order valence-electron chi connectivity index (χ0n) is 3.94. The van der Waals surface area contributed by atoms with Gasteiger partial charge in [0.25, 0.3) is 0 Å². The van der Waals surface area contributed by atoms with Crippen molar-refractivity contribution >= 4 is 11.9 Å². The van der Waals surface area contributed by atoms with E-state index in [4.69, 9.17) is 0 Å². The molecule has 60 valence electrons. The third-order valence-corrected chi connectivity index (χ3v) is 0.289. The number of carbonyl (C=O) groups is 2. The van der Waals surface area contributed by atoms with E-state index in [1.54, 1.807) is 0 Å². The van der Waals surface area contributed by atoms with Crippen molar-refractivity contribution in [3.63, 3.8) is 0 Å². The molecular weight excluding hydrogens is 316 g/mol. The average molecular weight is 318 g/mol. The SMILES string of the molecule is O=C([O-])CC(=O)[O-].[Ag+].[Ag+]. The fraction of sp³-hybridized carbons (Fsp3) is 0.333. The molecule has 0 rings (SSSR count). The van der Waals surface area contributed by atoms with E-state index in [9.17, 15) is 19.8 Å². The second-order valence-corrected chi connectivity index (χ2v) is 0.921. The van der Waals surface area contributed by atoms with Gasteiger partial charge in [-0.1, -0.05) is 0 Å². The van der Waals surface area contributed by atoms with E-state index in [0.29, 0.717) is 0 Å². The molecule has 6 heteroatoms. The zero-order valence-corrected chi connectivity index (χ0v) is 6.91. The van der Waals surface area contributed by atoms with Gasteiger partial charge in [-0.3, -0.25) is 0 Å². The molecule has 0 aliphatic heterocycles. The molecular formula is C3H2Ag2O4. The van der Waals surface area contributed by atoms with Crippen LogP contribution in [0, 0.1) is 0 Å². The molecule has 0 unspecified atom stereocenters. The predicted octanol–water partition coefficient (Wildman–Crippen LogP) is -3.13. The molecule has 0 spiro atoms. The van der Waals surface area contributed by atoms with Gasteiger partial charge in [-0.25, -0.2) is 0 Å². The Hall–Kier alpha value is 0.421. The van der Waals surface area contributed by atoms with Gasteiger partial charge in [0.15, 0.2) is 0 Å². The smallest absolute Gasteiger partial charge is 0.550 e. The summed E-state index contributed by atoms with van der Waals surface area (Å²) in [4.78, 5) is 18.6. The van der Waals surface area contributed by atoms with Crippen LogP contribution < -0.4 is 10.2 Å². The van der Waals surface area contributed by atoms with Crippen molar-refractivity contribution in [3.8, 4) is 0 Å². The second kappa shape index (κ2) is 8.42. The average Bonchev–Trinajstić information content (AvgIpc) is 1.27. The van der Waals surface area contributed by atoms with Crippen molar-refractivity contribution in [2.75, 3.05) is 0 Å². The number of rotatable bonds is 2. The van der Waals surface area contributed by atoms with Crippen LogP contribution in [0.5, 0.6) is 0 Å². The van der Waals surface area contributed by atoms with Crippen LogP contribution in [0.1, 0.15) is 6.42 Å². The van der Waals surface area contributed by atoms with E-state index >= 15 is 0 Å². The maximum absolute atomic E-state index is 9.28. The Morgan fingerprint density at radius 3 is 1.22 bits per heavy atom. The summed E-state index contributed by atoms with van der Waals surface area (Å²) in [5, 5.41) is 18.6. The zero-order chi connectivity index (χ0) is 5.86. The van der Waals surface area contributed by atoms with Crippen molar-refractivity contribution in [2.45, 2.75) is 6.42 Å². The van der Waals surface area contributed by atoms with Gasteiger partial charge in [0, 0.05) is 18.4 Å². The molecule has 0 saturated carbocycles. The van der Waals surface area contributed by atoms with E-state index < -0.39 is 18.4 Å². The molecule has 0 saturated heterocycles. The monoisotopic (exact) mass is 316 g/mol. The topological polar surface area (TPSA) is 80.3 Å². The minimum absolute atomic E-state index is 0. The van der Waals surface area contributed by atoms with Crippen LogP contribution in [-0.2, 0) is 54.3 Å². The molecule has 0 aromatic heterocycles. The molecule has 0 radical (unpaired) electrons. The third-order valence-electron chi connectivity index (χ3n) is 0.289. The van der Waals surface area contributed by atoms with Crippen LogP contribution in [-0.4, -0.2) is 11.9 Å². The Labute approximate surface area is 82.6 Å². The Morgan fingerprint density at radius 1 is 1.00 bits per heavy atom. The maximum atomic E-state index is 9.28. The Balaban J connectivity index is -0.000000180. The molecule has 0 heterocycles. The van der Waals surface area contributed by atoms with Gasteiger partial charge in [0.05, 0.1) is 0 Å². The molecule has 0 aliphatic carbocycles. The maximum Gasteiger partial charge on any atom is 1.00 e. The Bertz CT molecular complexity index is 90.0. The van der Waals surface area contributed by atoms with E-state index in [-0.39, 0.29) is 44.8 Å². The number of hydrogen-bond donors (Lipinski definition) is 0. The summed E-state index contributed by atoms with van der Waals surface area (Å²) in [6.07, 6.45) is -1.03. The third kappa shape index (κ3) is 17.8. The molecule has 0 atom stereocenters. The minimum atomic E-state index is -1.63. The van der Waals surface area contributed by atoms with Crippen molar-refractivity contribution in [1.82, 2.24) is 0 Å². The van der Waals surface area contributed by atoms with Gasteiger partial charge in [-0.15, -0.1) is 0 Å². The van der Waals surface area contributed by atoms with Crippen LogP contribution in [0.4, 0.5) is 0 Å². The van der Waals surface area contributed by atoms with E-state index in [1.165, 1.54) is 0 Å². The van der Waals surface area contributed by atoms with Gasteiger partial charge in [-0.05, 0) is 0 Å². The normalized spacial score (nSPS) is 6.22. The number of aliphatic carboxylic acids is 2. The molecule has 0 bridgehead atoms. The second-order valence-electron chi connectivity index (χ2n) is 0.921. The summed E-state index contributed by atoms with van der Waals surface area (Å²) in [7, 11) is 0. The first-order chi connectivity index (χ1) is 3.13. The number of carboxylic acids is 2. The standard InChI is InChI=1S/C3H4O4.2Ag/c4-2(5)1-3(6)7;;/h1H2,(H,4,5)(H,6,7);;/q;2*+1/p-2. The van der Waals surface area contributed by atoms with Gasteiger partial charge in [0.1, 0.15) is 0 Å². The molecule has 0 aromatic rings. The Morgan fingerprint density at radius 2 is 1.22 bits per heavy atom. The van der Waals surface area contributed by atoms with Crippen LogP contribution >= 0.6 is 0 Å². The van der Waals surface area contributed by atoms with Crippen molar-refractivity contribution in [2.24, 2.45) is 0 Å². The van der Waals surface area contributed by atoms with E-state index in [0.717, 1.165) is 0 Å². The number of carbonyl (C=O) groups excluding carboxylic acids is 2. The molecule has 0 aromatic carbocycles. The van der Waals surface area contributed by atoms with Crippen LogP contribution in [0.2, 0.25) is 0 Å². The summed E-state index contributed by atoms with van der Waals surface area (Å²) in [5.74, 6) is -3.25. The van der Waals surface area contributed by atoms with Crippen molar-refractivity contribution in [3.05, 3.63) is 0 Å². The number of carboxylic acid groups (broad SMARTS) is 2. The fourth-order valence-corrected chi connectivity index (χ4v) is 0.118. The fourth-order valence-electron chi connectivity index (χ4n) is 0.118. The van der Waals surface area contributed by atoms with Crippen molar-refractivity contribution < 1.29 is 64.6 Å². The summed E-state index contributed by atoms with van der Waals surface area (Å²) >= 11 is 0. The first-order valence-electron chi connectivity index (χ1n) is 1.52. The van der Waals surface area contributed by atoms with Gasteiger partial charge in [0.2, 0.25) is 0 Å². The van der Waals surface area contributed by atoms with Gasteiger partial charge < -0.3 is 19.8 Å². The quantitative estimate of drug-likeness (QED) is 0.398. The van der Waals surface area contributed by atoms with Crippen molar-refractivity contribution in [1.29, 1.82) is 0 Å². The largest absolute Gasteiger partial charge is 1.00 e. The minimum Gasteiger partial charge on any atom is -0.550 e. The molecule has 0 amide bonds. The Kier molecular flexibility index (Phi) is 15.2. The molecule has 0 aliphatic rings. The summed E-state index contributed by atoms with van der Waals surface area (Å²) in [6.45, 7) is 0. The van der Waals surface area contributed by atoms with Gasteiger partial charge in [-0.2, -0.15) is 0 Å². The van der Waals surface area contributed by atoms with Crippen LogP contribution in [0.15, 0.2) is 0 Å². The molecule has 4 nitrogen and oxygen atoms in total. The summed E-state index contributed by atoms with van der Waals surface area (Å²) in [6, 6.07) is 0. The van der Waals surface area contributed by atoms with E-state index in [2.05, 4.69) is 0 Å². The summed E-state index contributed by atoms with van der Waals surface area (Å²) < 4.78 is 0. The van der Waals surface area contributed by atoms with Gasteiger partial charge >= 0.3 is 44.8 Å². The molecule has 0 fully saturated rings. The van der Waals surface area contributed by atoms with E-state index in [1.807, 2.05) is 0 Å².